The van der Waals surface area contributed by atoms with Crippen molar-refractivity contribution in [3.05, 3.63) is 107 Å². The van der Waals surface area contributed by atoms with Crippen molar-refractivity contribution in [2.75, 3.05) is 13.2 Å². The van der Waals surface area contributed by atoms with Gasteiger partial charge in [-0.15, -0.1) is 0 Å². The minimum absolute atomic E-state index is 0.0185. The first-order valence-electron chi connectivity index (χ1n) is 18.3. The molecule has 52 heavy (non-hydrogen) atoms. The van der Waals surface area contributed by atoms with E-state index < -0.39 is 33.1 Å². The highest BCUT2D eigenvalue weighted by atomic mass is 32.2. The maximum Gasteiger partial charge on any atom is 0.268 e. The van der Waals surface area contributed by atoms with E-state index in [1.165, 1.54) is 0 Å². The number of aliphatic hydroxyl groups is 2. The van der Waals surface area contributed by atoms with Gasteiger partial charge >= 0.3 is 0 Å². The Morgan fingerprint density at radius 3 is 2.17 bits per heavy atom. The Labute approximate surface area is 306 Å². The van der Waals surface area contributed by atoms with E-state index in [-0.39, 0.29) is 61.6 Å². The zero-order valence-corrected chi connectivity index (χ0v) is 30.4. The monoisotopic (exact) mass is 733 g/mol. The number of nitrogens with two attached hydrogens (primary N) is 2. The van der Waals surface area contributed by atoms with Crippen molar-refractivity contribution >= 4 is 16.1 Å². The molecule has 0 saturated carbocycles. The fourth-order valence-electron chi connectivity index (χ4n) is 8.73. The summed E-state index contributed by atoms with van der Waals surface area (Å²) in [5.41, 5.74) is 14.9. The second-order valence-electron chi connectivity index (χ2n) is 14.5. The molecule has 9 rings (SSSR count). The number of nitrogens with zero attached hydrogens (tertiary/aromatic N) is 1. The van der Waals surface area contributed by atoms with Gasteiger partial charge in [-0.05, 0) is 109 Å². The molecule has 0 radical (unpaired) electrons. The number of phenolic OH excluding ortho intramolecular Hbond substituents is 1. The number of phenols is 1. The van der Waals surface area contributed by atoms with Crippen LogP contribution in [0.2, 0.25) is 0 Å². The number of hydrogen-bond acceptors (Lipinski definition) is 8. The van der Waals surface area contributed by atoms with Crippen LogP contribution in [0.5, 0.6) is 11.5 Å². The molecule has 12 heteroatoms. The first-order chi connectivity index (χ1) is 24.9. The zero-order valence-electron chi connectivity index (χ0n) is 29.6. The summed E-state index contributed by atoms with van der Waals surface area (Å²) >= 11 is 0. The van der Waals surface area contributed by atoms with Crippen LogP contribution in [0.15, 0.2) is 89.4 Å². The number of aliphatic hydroxyl groups excluding tert-OH is 2. The Kier molecular flexibility index (Phi) is 11.6. The van der Waals surface area contributed by atoms with E-state index in [1.54, 1.807) is 12.1 Å². The SMILES string of the molecule is CC[C@H]1C[C@@H](S(=O)(=O)O)[C@@H]2C=C3C[C@@H](C[C@@H](CCCO)O[C@H]3c3ccc(O)cc3)[C@H]2c2ccc(cc2)[C@@](CCCO)(N=C(N)N)Oc2ccc1cc2. The number of benzene rings is 3. The molecule has 0 spiro atoms. The van der Waals surface area contributed by atoms with Crippen molar-refractivity contribution < 1.29 is 37.8 Å². The summed E-state index contributed by atoms with van der Waals surface area (Å²) in [5.74, 6) is -0.720. The summed E-state index contributed by atoms with van der Waals surface area (Å²) in [6, 6.07) is 22.1. The van der Waals surface area contributed by atoms with Crippen LogP contribution in [-0.2, 0) is 20.6 Å². The van der Waals surface area contributed by atoms with Gasteiger partial charge in [-0.1, -0.05) is 61.5 Å². The zero-order chi connectivity index (χ0) is 37.0. The average molecular weight is 734 g/mol. The third-order valence-electron chi connectivity index (χ3n) is 11.1. The second kappa shape index (κ2) is 16.0. The van der Waals surface area contributed by atoms with E-state index in [4.69, 9.17) is 20.9 Å². The Bertz CT molecular complexity index is 1830. The number of guanidine groups is 1. The molecule has 6 bridgehead atoms. The van der Waals surface area contributed by atoms with Gasteiger partial charge in [-0.25, -0.2) is 4.99 Å². The summed E-state index contributed by atoms with van der Waals surface area (Å²) in [6.07, 6.45) is 5.20. The van der Waals surface area contributed by atoms with Crippen LogP contribution in [0.4, 0.5) is 0 Å². The highest BCUT2D eigenvalue weighted by Gasteiger charge is 2.47. The largest absolute Gasteiger partial charge is 0.508 e. The molecule has 8 N–H and O–H groups in total. The van der Waals surface area contributed by atoms with Gasteiger partial charge in [0.25, 0.3) is 10.1 Å². The lowest BCUT2D eigenvalue weighted by Crippen LogP contribution is -2.39. The standard InChI is InChI=1S/C40H51N3O8S/c1-2-25-24-36(52(47,48)49)35-23-30-21-29(22-34(5-3-19-44)50-38(30)28-8-14-32(46)15-9-28)37(35)27-6-12-31(13-7-27)40(18-4-20-45,43-39(41)42)51-33-16-10-26(25)11-17-33/h6-17,23,25,29,34-38,44-46H,2-5,18-22,24H2,1H3,(H4,41,42,43)(H,47,48,49)/t25-,29-,34+,35-,36+,37+,38-,40-/m0/s1. The molecule has 5 aliphatic heterocycles. The van der Waals surface area contributed by atoms with Gasteiger partial charge < -0.3 is 36.3 Å². The number of ether oxygens (including phenoxy) is 2. The van der Waals surface area contributed by atoms with Crippen LogP contribution < -0.4 is 16.2 Å². The van der Waals surface area contributed by atoms with E-state index in [0.29, 0.717) is 49.8 Å². The average Bonchev–Trinajstić information content (AvgIpc) is 3.26. The number of hydrogen-bond donors (Lipinski definition) is 6. The molecule has 280 valence electrons. The topological polar surface area (TPSA) is 198 Å². The Morgan fingerprint density at radius 2 is 1.56 bits per heavy atom. The minimum atomic E-state index is -4.57. The van der Waals surface area contributed by atoms with Gasteiger partial charge in [0.1, 0.15) is 17.6 Å². The number of aromatic hydroxyl groups is 1. The number of allylic oxidation sites excluding steroid dienone is 1. The normalized spacial score (nSPS) is 28.8. The summed E-state index contributed by atoms with van der Waals surface area (Å²) in [4.78, 5) is 4.61. The first-order valence-corrected chi connectivity index (χ1v) is 19.8. The third-order valence-corrected chi connectivity index (χ3v) is 12.4. The predicted octanol–water partition coefficient (Wildman–Crippen LogP) is 5.77. The fraction of sp³-hybridized carbons (Fsp3) is 0.475. The van der Waals surface area contributed by atoms with Crippen molar-refractivity contribution in [3.8, 4) is 11.5 Å². The molecule has 1 aliphatic carbocycles. The van der Waals surface area contributed by atoms with Gasteiger partial charge in [-0.2, -0.15) is 8.42 Å². The molecule has 5 heterocycles. The van der Waals surface area contributed by atoms with Crippen molar-refractivity contribution in [1.29, 1.82) is 0 Å². The van der Waals surface area contributed by atoms with Crippen LogP contribution in [-0.4, -0.2) is 58.8 Å². The summed E-state index contributed by atoms with van der Waals surface area (Å²) in [7, 11) is -4.57. The molecule has 3 aromatic carbocycles. The molecule has 0 unspecified atom stereocenters. The van der Waals surface area contributed by atoms with E-state index >= 15 is 0 Å². The lowest BCUT2D eigenvalue weighted by molar-refractivity contribution is -0.00268. The molecule has 1 fully saturated rings. The molecule has 0 aromatic heterocycles. The lowest BCUT2D eigenvalue weighted by atomic mass is 9.65. The molecule has 3 aromatic rings. The maximum absolute atomic E-state index is 13.7. The van der Waals surface area contributed by atoms with Crippen LogP contribution in [0, 0.1) is 11.8 Å². The number of aliphatic imine (C=N–C) groups is 1. The van der Waals surface area contributed by atoms with Gasteiger partial charge in [0, 0.05) is 31.1 Å². The molecular formula is C40H51N3O8S. The van der Waals surface area contributed by atoms with Crippen molar-refractivity contribution in [2.45, 2.75) is 93.3 Å². The van der Waals surface area contributed by atoms with Gasteiger partial charge in [0.2, 0.25) is 5.72 Å². The summed E-state index contributed by atoms with van der Waals surface area (Å²) < 4.78 is 51.9. The van der Waals surface area contributed by atoms with E-state index in [9.17, 15) is 28.3 Å². The van der Waals surface area contributed by atoms with Crippen molar-refractivity contribution in [1.82, 2.24) is 0 Å². The van der Waals surface area contributed by atoms with Crippen LogP contribution >= 0.6 is 0 Å². The molecule has 11 nitrogen and oxygen atoms in total. The Morgan fingerprint density at radius 1 is 0.904 bits per heavy atom. The summed E-state index contributed by atoms with van der Waals surface area (Å²) in [5, 5.41) is 28.6. The van der Waals surface area contributed by atoms with Crippen LogP contribution in [0.1, 0.15) is 98.5 Å². The molecule has 1 saturated heterocycles. The van der Waals surface area contributed by atoms with Gasteiger partial charge in [0.15, 0.2) is 5.96 Å². The molecule has 6 aliphatic rings. The quantitative estimate of drug-likeness (QED) is 0.0644. The molecule has 8 atom stereocenters. The first kappa shape index (κ1) is 37.8. The predicted molar refractivity (Wildman–Crippen MR) is 199 cm³/mol. The van der Waals surface area contributed by atoms with Crippen LogP contribution in [0.25, 0.3) is 0 Å². The fourth-order valence-corrected chi connectivity index (χ4v) is 9.85. The van der Waals surface area contributed by atoms with E-state index in [0.717, 1.165) is 22.3 Å². The minimum Gasteiger partial charge on any atom is -0.508 e. The van der Waals surface area contributed by atoms with Crippen molar-refractivity contribution in [2.24, 2.45) is 28.3 Å². The molecule has 0 amide bonds. The second-order valence-corrected chi connectivity index (χ2v) is 16.1. The van der Waals surface area contributed by atoms with E-state index in [1.807, 2.05) is 73.7 Å². The molecular weight excluding hydrogens is 683 g/mol. The number of fused-ring (bicyclic) bond motifs is 2. The Balaban J connectivity index is 1.57. The van der Waals surface area contributed by atoms with Crippen LogP contribution in [0.3, 0.4) is 0 Å². The third kappa shape index (κ3) is 8.16. The highest BCUT2D eigenvalue weighted by Crippen LogP contribution is 2.53. The Hall–Kier alpha value is -3.94. The maximum atomic E-state index is 13.7. The summed E-state index contributed by atoms with van der Waals surface area (Å²) in [6.45, 7) is 1.94. The smallest absolute Gasteiger partial charge is 0.268 e. The van der Waals surface area contributed by atoms with E-state index in [2.05, 4.69) is 4.99 Å². The lowest BCUT2D eigenvalue weighted by Gasteiger charge is -2.41. The van der Waals surface area contributed by atoms with Gasteiger partial charge in [-0.3, -0.25) is 4.55 Å². The van der Waals surface area contributed by atoms with Gasteiger partial charge in [0.05, 0.1) is 11.4 Å². The highest BCUT2D eigenvalue weighted by molar-refractivity contribution is 7.86. The van der Waals surface area contributed by atoms with Crippen molar-refractivity contribution in [3.63, 3.8) is 0 Å². The number of rotatable bonds is 10.